The van der Waals surface area contributed by atoms with Gasteiger partial charge in [-0.05, 0) is 54.6 Å². The molecule has 34 heavy (non-hydrogen) atoms. The minimum absolute atomic E-state index is 0. The molecule has 0 radical (unpaired) electrons. The zero-order valence-electron chi connectivity index (χ0n) is 21.0. The van der Waals surface area contributed by atoms with E-state index < -0.39 is 0 Å². The lowest BCUT2D eigenvalue weighted by Crippen LogP contribution is -2.46. The van der Waals surface area contributed by atoms with Crippen molar-refractivity contribution in [3.05, 3.63) is 48.0 Å². The quantitative estimate of drug-likeness (QED) is 0.362. The van der Waals surface area contributed by atoms with Crippen molar-refractivity contribution < 1.29 is 14.6 Å². The molecular weight excluding hydrogens is 450 g/mol. The standard InChI is InChI=1S/C27H39N3O3.ClH/c1-27(2,3)21-13-14-24(31)22(20-21)28-26(32)12-6-5-9-15-29-16-18-30(19-17-29)23-10-7-8-11-25(23)33-4;/h7-8,10-11,13-14,20,31H,5-6,9,12,15-19H2,1-4H3,(H,28,32);1H. The summed E-state index contributed by atoms with van der Waals surface area (Å²) < 4.78 is 5.50. The number of aromatic hydroxyl groups is 1. The van der Waals surface area contributed by atoms with Crippen molar-refractivity contribution in [2.75, 3.05) is 50.1 Å². The average Bonchev–Trinajstić information content (AvgIpc) is 2.80. The summed E-state index contributed by atoms with van der Waals surface area (Å²) in [5.74, 6) is 1.01. The van der Waals surface area contributed by atoms with Crippen molar-refractivity contribution in [2.45, 2.75) is 51.9 Å². The Balaban J connectivity index is 0.00000408. The first kappa shape index (κ1) is 27.8. The Morgan fingerprint density at radius 3 is 2.41 bits per heavy atom. The predicted octanol–water partition coefficient (Wildman–Crippen LogP) is 5.44. The molecule has 6 nitrogen and oxygen atoms in total. The Hall–Kier alpha value is -2.44. The second-order valence-corrected chi connectivity index (χ2v) is 9.84. The number of unbranched alkanes of at least 4 members (excludes halogenated alkanes) is 2. The molecule has 0 atom stereocenters. The largest absolute Gasteiger partial charge is 0.506 e. The normalized spacial score (nSPS) is 14.4. The number of piperazine rings is 1. The summed E-state index contributed by atoms with van der Waals surface area (Å²) in [6.45, 7) is 11.5. The molecule has 1 aliphatic heterocycles. The van der Waals surface area contributed by atoms with Crippen LogP contribution in [0.1, 0.15) is 52.0 Å². The number of hydrogen-bond donors (Lipinski definition) is 2. The van der Waals surface area contributed by atoms with E-state index in [1.807, 2.05) is 24.3 Å². The summed E-state index contributed by atoms with van der Waals surface area (Å²) in [5, 5.41) is 13.0. The van der Waals surface area contributed by atoms with Crippen LogP contribution in [0.25, 0.3) is 0 Å². The van der Waals surface area contributed by atoms with E-state index in [2.05, 4.69) is 48.0 Å². The Morgan fingerprint density at radius 1 is 1.03 bits per heavy atom. The number of para-hydroxylation sites is 2. The van der Waals surface area contributed by atoms with Crippen LogP contribution in [0.5, 0.6) is 11.5 Å². The fraction of sp³-hybridized carbons (Fsp3) is 0.519. The van der Waals surface area contributed by atoms with Crippen LogP contribution in [0.3, 0.4) is 0 Å². The van der Waals surface area contributed by atoms with E-state index in [1.165, 1.54) is 5.69 Å². The molecule has 2 aromatic rings. The fourth-order valence-corrected chi connectivity index (χ4v) is 4.22. The number of methoxy groups -OCH3 is 1. The van der Waals surface area contributed by atoms with Crippen LogP contribution in [-0.2, 0) is 10.2 Å². The van der Waals surface area contributed by atoms with Crippen LogP contribution >= 0.6 is 12.4 Å². The van der Waals surface area contributed by atoms with Gasteiger partial charge in [-0.2, -0.15) is 0 Å². The van der Waals surface area contributed by atoms with Gasteiger partial charge in [0.2, 0.25) is 5.91 Å². The van der Waals surface area contributed by atoms with Gasteiger partial charge in [-0.25, -0.2) is 0 Å². The smallest absolute Gasteiger partial charge is 0.224 e. The molecular formula is C27H40ClN3O3. The number of hydrogen-bond acceptors (Lipinski definition) is 5. The summed E-state index contributed by atoms with van der Waals surface area (Å²) in [6, 6.07) is 13.6. The number of rotatable bonds is 9. The van der Waals surface area contributed by atoms with E-state index in [4.69, 9.17) is 4.74 Å². The molecule has 188 valence electrons. The first-order valence-electron chi connectivity index (χ1n) is 12.0. The number of phenols is 1. The number of nitrogens with one attached hydrogen (secondary N) is 1. The van der Waals surface area contributed by atoms with E-state index in [-0.39, 0.29) is 29.5 Å². The van der Waals surface area contributed by atoms with Crippen molar-refractivity contribution in [1.82, 2.24) is 4.90 Å². The third-order valence-electron chi connectivity index (χ3n) is 6.31. The van der Waals surface area contributed by atoms with Crippen LogP contribution in [0, 0.1) is 0 Å². The lowest BCUT2D eigenvalue weighted by molar-refractivity contribution is -0.116. The summed E-state index contributed by atoms with van der Waals surface area (Å²) in [5.41, 5.74) is 2.72. The predicted molar refractivity (Wildman–Crippen MR) is 143 cm³/mol. The maximum Gasteiger partial charge on any atom is 0.224 e. The molecule has 0 saturated carbocycles. The number of amides is 1. The SMILES string of the molecule is COc1ccccc1N1CCN(CCCCCC(=O)Nc2cc(C(C)(C)C)ccc2O)CC1.Cl. The number of nitrogens with zero attached hydrogens (tertiary/aromatic N) is 2. The van der Waals surface area contributed by atoms with Crippen LogP contribution < -0.4 is 15.0 Å². The minimum Gasteiger partial charge on any atom is -0.506 e. The number of anilines is 2. The molecule has 1 amide bonds. The highest BCUT2D eigenvalue weighted by molar-refractivity contribution is 5.92. The van der Waals surface area contributed by atoms with Gasteiger partial charge in [-0.3, -0.25) is 9.69 Å². The van der Waals surface area contributed by atoms with Gasteiger partial charge in [0.1, 0.15) is 11.5 Å². The topological polar surface area (TPSA) is 65.0 Å². The molecule has 1 saturated heterocycles. The molecule has 2 N–H and O–H groups in total. The molecule has 1 fully saturated rings. The molecule has 0 unspecified atom stereocenters. The van der Waals surface area contributed by atoms with Gasteiger partial charge in [0.15, 0.2) is 0 Å². The summed E-state index contributed by atoms with van der Waals surface area (Å²) in [4.78, 5) is 17.3. The van der Waals surface area contributed by atoms with Crippen molar-refractivity contribution in [3.8, 4) is 11.5 Å². The highest BCUT2D eigenvalue weighted by atomic mass is 35.5. The number of phenolic OH excluding ortho intramolecular Hbond substituents is 1. The van der Waals surface area contributed by atoms with Crippen LogP contribution in [0.15, 0.2) is 42.5 Å². The molecule has 3 rings (SSSR count). The van der Waals surface area contributed by atoms with E-state index in [0.717, 1.165) is 63.3 Å². The maximum absolute atomic E-state index is 12.4. The Bertz CT molecular complexity index is 922. The summed E-state index contributed by atoms with van der Waals surface area (Å²) >= 11 is 0. The zero-order chi connectivity index (χ0) is 23.8. The minimum atomic E-state index is -0.0400. The Morgan fingerprint density at radius 2 is 1.74 bits per heavy atom. The zero-order valence-corrected chi connectivity index (χ0v) is 21.8. The summed E-state index contributed by atoms with van der Waals surface area (Å²) in [7, 11) is 1.72. The average molecular weight is 490 g/mol. The first-order valence-corrected chi connectivity index (χ1v) is 12.0. The third kappa shape index (κ3) is 7.81. The van der Waals surface area contributed by atoms with Crippen molar-refractivity contribution >= 4 is 29.7 Å². The Kier molecular flexibility index (Phi) is 10.5. The van der Waals surface area contributed by atoms with Crippen LogP contribution in [-0.4, -0.2) is 55.7 Å². The molecule has 0 aliphatic carbocycles. The molecule has 0 aromatic heterocycles. The van der Waals surface area contributed by atoms with Gasteiger partial charge in [-0.1, -0.05) is 45.4 Å². The van der Waals surface area contributed by atoms with Crippen LogP contribution in [0.2, 0.25) is 0 Å². The van der Waals surface area contributed by atoms with Crippen molar-refractivity contribution in [2.24, 2.45) is 0 Å². The van der Waals surface area contributed by atoms with Gasteiger partial charge in [0.25, 0.3) is 0 Å². The molecule has 1 heterocycles. The van der Waals surface area contributed by atoms with E-state index in [0.29, 0.717) is 12.1 Å². The van der Waals surface area contributed by atoms with Gasteiger partial charge in [-0.15, -0.1) is 12.4 Å². The highest BCUT2D eigenvalue weighted by Gasteiger charge is 2.19. The number of halogens is 1. The fourth-order valence-electron chi connectivity index (χ4n) is 4.22. The lowest BCUT2D eigenvalue weighted by Gasteiger charge is -2.36. The van der Waals surface area contributed by atoms with Gasteiger partial charge in [0, 0.05) is 32.6 Å². The van der Waals surface area contributed by atoms with Gasteiger partial charge in [0.05, 0.1) is 18.5 Å². The third-order valence-corrected chi connectivity index (χ3v) is 6.31. The van der Waals surface area contributed by atoms with Crippen LogP contribution in [0.4, 0.5) is 11.4 Å². The Labute approximate surface area is 210 Å². The summed E-state index contributed by atoms with van der Waals surface area (Å²) in [6.07, 6.45) is 3.44. The molecule has 7 heteroatoms. The highest BCUT2D eigenvalue weighted by Crippen LogP contribution is 2.31. The van der Waals surface area contributed by atoms with E-state index in [1.54, 1.807) is 13.2 Å². The number of ether oxygens (including phenoxy) is 1. The van der Waals surface area contributed by atoms with Gasteiger partial charge >= 0.3 is 0 Å². The lowest BCUT2D eigenvalue weighted by atomic mass is 9.87. The molecule has 2 aromatic carbocycles. The molecule has 1 aliphatic rings. The first-order chi connectivity index (χ1) is 15.8. The number of benzene rings is 2. The van der Waals surface area contributed by atoms with Crippen molar-refractivity contribution in [3.63, 3.8) is 0 Å². The van der Waals surface area contributed by atoms with E-state index >= 15 is 0 Å². The second kappa shape index (κ2) is 12.9. The number of carbonyl (C=O) groups excluding carboxylic acids is 1. The number of carbonyl (C=O) groups is 1. The van der Waals surface area contributed by atoms with Gasteiger partial charge < -0.3 is 20.1 Å². The monoisotopic (exact) mass is 489 g/mol. The van der Waals surface area contributed by atoms with Crippen molar-refractivity contribution in [1.29, 1.82) is 0 Å². The second-order valence-electron chi connectivity index (χ2n) is 9.84. The van der Waals surface area contributed by atoms with E-state index in [9.17, 15) is 9.90 Å². The molecule has 0 bridgehead atoms. The molecule has 0 spiro atoms. The maximum atomic E-state index is 12.4.